The first kappa shape index (κ1) is 19.3. The molecule has 1 fully saturated rings. The lowest BCUT2D eigenvalue weighted by atomic mass is 9.92. The van der Waals surface area contributed by atoms with Crippen molar-refractivity contribution in [2.45, 2.75) is 37.8 Å². The van der Waals surface area contributed by atoms with Gasteiger partial charge in [0.15, 0.2) is 5.76 Å². The standard InChI is InChI=1S/C25H23N3O3/c29-25(27-19-10-12-20(13-11-19)30-23-8-4-5-15-26-23)18-9-14-22-21(16-18)24(31-28-22)17-6-2-1-3-7-17/h1-9,14-16,19-20H,10-13H2,(H,27,29). The van der Waals surface area contributed by atoms with E-state index in [4.69, 9.17) is 9.26 Å². The van der Waals surface area contributed by atoms with Gasteiger partial charge < -0.3 is 14.6 Å². The molecule has 1 aliphatic rings. The molecule has 0 atom stereocenters. The van der Waals surface area contributed by atoms with Gasteiger partial charge in [0.25, 0.3) is 5.91 Å². The SMILES string of the molecule is O=C(NC1CCC(Oc2ccccn2)CC1)c1ccc2noc(-c3ccccc3)c2c1. The number of hydrogen-bond donors (Lipinski definition) is 1. The van der Waals surface area contributed by atoms with Crippen molar-refractivity contribution in [2.24, 2.45) is 0 Å². The lowest BCUT2D eigenvalue weighted by Gasteiger charge is -2.29. The molecule has 0 unspecified atom stereocenters. The van der Waals surface area contributed by atoms with Gasteiger partial charge in [-0.2, -0.15) is 0 Å². The normalized spacial score (nSPS) is 18.6. The number of amides is 1. The average molecular weight is 413 g/mol. The third-order valence-corrected chi connectivity index (χ3v) is 5.71. The van der Waals surface area contributed by atoms with Crippen LogP contribution in [0.2, 0.25) is 0 Å². The number of aromatic nitrogens is 2. The monoisotopic (exact) mass is 413 g/mol. The Morgan fingerprint density at radius 2 is 1.77 bits per heavy atom. The van der Waals surface area contributed by atoms with Crippen LogP contribution in [0.15, 0.2) is 77.4 Å². The first-order valence-corrected chi connectivity index (χ1v) is 10.6. The van der Waals surface area contributed by atoms with Crippen LogP contribution in [0.5, 0.6) is 5.88 Å². The Kier molecular flexibility index (Phi) is 5.35. The Morgan fingerprint density at radius 1 is 0.968 bits per heavy atom. The molecule has 0 bridgehead atoms. The number of carbonyl (C=O) groups excluding carboxylic acids is 1. The topological polar surface area (TPSA) is 77.2 Å². The molecule has 2 aromatic heterocycles. The maximum atomic E-state index is 12.9. The van der Waals surface area contributed by atoms with Crippen LogP contribution < -0.4 is 10.1 Å². The van der Waals surface area contributed by atoms with Gasteiger partial charge >= 0.3 is 0 Å². The summed E-state index contributed by atoms with van der Waals surface area (Å²) in [6.45, 7) is 0. The zero-order chi connectivity index (χ0) is 21.0. The van der Waals surface area contributed by atoms with Gasteiger partial charge in [0, 0.05) is 29.4 Å². The van der Waals surface area contributed by atoms with E-state index in [1.54, 1.807) is 12.3 Å². The van der Waals surface area contributed by atoms with Crippen molar-refractivity contribution in [2.75, 3.05) is 0 Å². The van der Waals surface area contributed by atoms with Gasteiger partial charge in [0.1, 0.15) is 11.6 Å². The van der Waals surface area contributed by atoms with Gasteiger partial charge in [-0.3, -0.25) is 4.79 Å². The number of rotatable bonds is 5. The summed E-state index contributed by atoms with van der Waals surface area (Å²) in [5.41, 5.74) is 2.29. The molecular formula is C25H23N3O3. The summed E-state index contributed by atoms with van der Waals surface area (Å²) < 4.78 is 11.5. The predicted octanol–water partition coefficient (Wildman–Crippen LogP) is 5.01. The molecule has 0 radical (unpaired) electrons. The van der Waals surface area contributed by atoms with Crippen molar-refractivity contribution in [3.63, 3.8) is 0 Å². The van der Waals surface area contributed by atoms with Crippen LogP contribution in [0.4, 0.5) is 0 Å². The second-order valence-electron chi connectivity index (χ2n) is 7.84. The van der Waals surface area contributed by atoms with E-state index in [1.165, 1.54) is 0 Å². The van der Waals surface area contributed by atoms with E-state index in [-0.39, 0.29) is 18.1 Å². The van der Waals surface area contributed by atoms with Gasteiger partial charge in [-0.25, -0.2) is 4.98 Å². The average Bonchev–Trinajstić information content (AvgIpc) is 3.25. The Morgan fingerprint density at radius 3 is 2.55 bits per heavy atom. The number of carbonyl (C=O) groups is 1. The Balaban J connectivity index is 1.24. The molecule has 6 heteroatoms. The summed E-state index contributed by atoms with van der Waals surface area (Å²) in [7, 11) is 0. The van der Waals surface area contributed by atoms with Crippen LogP contribution in [-0.2, 0) is 0 Å². The number of hydrogen-bond acceptors (Lipinski definition) is 5. The van der Waals surface area contributed by atoms with Crippen LogP contribution in [0, 0.1) is 0 Å². The van der Waals surface area contributed by atoms with E-state index < -0.39 is 0 Å². The highest BCUT2D eigenvalue weighted by atomic mass is 16.5. The molecule has 2 heterocycles. The number of benzene rings is 2. The first-order chi connectivity index (χ1) is 15.3. The Labute approximate surface area is 180 Å². The molecule has 156 valence electrons. The number of nitrogens with zero attached hydrogens (tertiary/aromatic N) is 2. The van der Waals surface area contributed by atoms with Gasteiger partial charge in [0.05, 0.1) is 5.39 Å². The Hall–Kier alpha value is -3.67. The Bertz CT molecular complexity index is 1170. The van der Waals surface area contributed by atoms with Crippen LogP contribution in [0.3, 0.4) is 0 Å². The number of ether oxygens (including phenoxy) is 1. The lowest BCUT2D eigenvalue weighted by molar-refractivity contribution is 0.0890. The smallest absolute Gasteiger partial charge is 0.251 e. The van der Waals surface area contributed by atoms with Crippen molar-refractivity contribution in [1.82, 2.24) is 15.5 Å². The number of fused-ring (bicyclic) bond motifs is 1. The fraction of sp³-hybridized carbons (Fsp3) is 0.240. The molecule has 0 aliphatic heterocycles. The first-order valence-electron chi connectivity index (χ1n) is 10.6. The number of pyridine rings is 1. The van der Waals surface area contributed by atoms with Crippen LogP contribution in [0.25, 0.3) is 22.2 Å². The largest absolute Gasteiger partial charge is 0.474 e. The van der Waals surface area contributed by atoms with Crippen LogP contribution >= 0.6 is 0 Å². The highest BCUT2D eigenvalue weighted by molar-refractivity contribution is 6.01. The second-order valence-corrected chi connectivity index (χ2v) is 7.84. The van der Waals surface area contributed by atoms with Gasteiger partial charge in [-0.05, 0) is 49.9 Å². The van der Waals surface area contributed by atoms with Crippen LogP contribution in [-0.4, -0.2) is 28.2 Å². The molecule has 1 N–H and O–H groups in total. The molecule has 5 rings (SSSR count). The van der Waals surface area contributed by atoms with E-state index in [0.29, 0.717) is 17.2 Å². The second kappa shape index (κ2) is 8.60. The van der Waals surface area contributed by atoms with Crippen molar-refractivity contribution >= 4 is 16.8 Å². The lowest BCUT2D eigenvalue weighted by Crippen LogP contribution is -2.39. The van der Waals surface area contributed by atoms with Gasteiger partial charge in [-0.15, -0.1) is 0 Å². The summed E-state index contributed by atoms with van der Waals surface area (Å²) in [6, 6.07) is 21.1. The highest BCUT2D eigenvalue weighted by Gasteiger charge is 2.24. The predicted molar refractivity (Wildman–Crippen MR) is 118 cm³/mol. The summed E-state index contributed by atoms with van der Waals surface area (Å²) in [4.78, 5) is 17.1. The molecule has 31 heavy (non-hydrogen) atoms. The van der Waals surface area contributed by atoms with Gasteiger partial charge in [-0.1, -0.05) is 41.6 Å². The molecule has 4 aromatic rings. The van der Waals surface area contributed by atoms with Crippen molar-refractivity contribution in [3.05, 3.63) is 78.5 Å². The fourth-order valence-electron chi connectivity index (χ4n) is 4.06. The van der Waals surface area contributed by atoms with Crippen molar-refractivity contribution < 1.29 is 14.1 Å². The maximum absolute atomic E-state index is 12.9. The molecule has 6 nitrogen and oxygen atoms in total. The minimum atomic E-state index is -0.0730. The zero-order valence-electron chi connectivity index (χ0n) is 17.0. The summed E-state index contributed by atoms with van der Waals surface area (Å²) in [6.07, 6.45) is 5.43. The maximum Gasteiger partial charge on any atom is 0.251 e. The third kappa shape index (κ3) is 4.28. The molecule has 0 saturated heterocycles. The van der Waals surface area contributed by atoms with Crippen molar-refractivity contribution in [3.8, 4) is 17.2 Å². The summed E-state index contributed by atoms with van der Waals surface area (Å²) in [5, 5.41) is 8.14. The molecule has 1 amide bonds. The minimum Gasteiger partial charge on any atom is -0.474 e. The highest BCUT2D eigenvalue weighted by Crippen LogP contribution is 2.29. The van der Waals surface area contributed by atoms with Gasteiger partial charge in [0.2, 0.25) is 5.88 Å². The minimum absolute atomic E-state index is 0.0730. The third-order valence-electron chi connectivity index (χ3n) is 5.71. The summed E-state index contributed by atoms with van der Waals surface area (Å²) in [5.74, 6) is 1.26. The number of nitrogens with one attached hydrogen (secondary N) is 1. The quantitative estimate of drug-likeness (QED) is 0.498. The summed E-state index contributed by atoms with van der Waals surface area (Å²) >= 11 is 0. The fourth-order valence-corrected chi connectivity index (χ4v) is 4.06. The van der Waals surface area contributed by atoms with E-state index in [1.807, 2.05) is 60.7 Å². The van der Waals surface area contributed by atoms with E-state index in [2.05, 4.69) is 15.5 Å². The zero-order valence-corrected chi connectivity index (χ0v) is 17.0. The molecule has 2 aromatic carbocycles. The van der Waals surface area contributed by atoms with E-state index in [0.717, 1.165) is 42.1 Å². The van der Waals surface area contributed by atoms with E-state index in [9.17, 15) is 4.79 Å². The molecular weight excluding hydrogens is 390 g/mol. The molecule has 0 spiro atoms. The molecule has 1 aliphatic carbocycles. The van der Waals surface area contributed by atoms with Crippen molar-refractivity contribution in [1.29, 1.82) is 0 Å². The molecule has 1 saturated carbocycles. The van der Waals surface area contributed by atoms with Crippen LogP contribution in [0.1, 0.15) is 36.0 Å². The van der Waals surface area contributed by atoms with E-state index >= 15 is 0 Å².